The fraction of sp³-hybridized carbons (Fsp3) is 0.579. The molecule has 2 amide bonds. The maximum Gasteiger partial charge on any atom is 0.254 e. The third-order valence-corrected chi connectivity index (χ3v) is 5.14. The van der Waals surface area contributed by atoms with Crippen molar-refractivity contribution in [3.05, 3.63) is 35.4 Å². The van der Waals surface area contributed by atoms with E-state index in [2.05, 4.69) is 4.90 Å². The fourth-order valence-electron chi connectivity index (χ4n) is 3.55. The second-order valence-corrected chi connectivity index (χ2v) is 7.09. The maximum atomic E-state index is 13.1. The molecule has 2 fully saturated rings. The van der Waals surface area contributed by atoms with Crippen LogP contribution in [0.3, 0.4) is 0 Å². The summed E-state index contributed by atoms with van der Waals surface area (Å²) in [5.74, 6) is 0.239. The highest BCUT2D eigenvalue weighted by Gasteiger charge is 2.39. The first-order valence-corrected chi connectivity index (χ1v) is 8.91. The van der Waals surface area contributed by atoms with Gasteiger partial charge in [0.1, 0.15) is 0 Å². The van der Waals surface area contributed by atoms with Crippen molar-refractivity contribution in [3.8, 4) is 0 Å². The first-order valence-electron chi connectivity index (χ1n) is 8.91. The predicted molar refractivity (Wildman–Crippen MR) is 93.5 cm³/mol. The molecule has 1 saturated carbocycles. The third kappa shape index (κ3) is 3.61. The van der Waals surface area contributed by atoms with Crippen molar-refractivity contribution in [1.29, 1.82) is 0 Å². The van der Waals surface area contributed by atoms with Crippen LogP contribution in [0.5, 0.6) is 0 Å². The molecule has 2 N–H and O–H groups in total. The molecular weight excluding hydrogens is 302 g/mol. The Hall–Kier alpha value is -1.88. The van der Waals surface area contributed by atoms with Crippen molar-refractivity contribution in [2.45, 2.75) is 57.7 Å². The van der Waals surface area contributed by atoms with Gasteiger partial charge >= 0.3 is 0 Å². The van der Waals surface area contributed by atoms with Crippen LogP contribution >= 0.6 is 0 Å². The quantitative estimate of drug-likeness (QED) is 0.922. The minimum atomic E-state index is -0.0778. The molecule has 0 spiro atoms. The topological polar surface area (TPSA) is 66.6 Å². The van der Waals surface area contributed by atoms with Crippen LogP contribution in [0.2, 0.25) is 0 Å². The van der Waals surface area contributed by atoms with Crippen molar-refractivity contribution < 1.29 is 9.59 Å². The maximum absolute atomic E-state index is 13.1. The second-order valence-electron chi connectivity index (χ2n) is 7.09. The minimum Gasteiger partial charge on any atom is -0.343 e. The van der Waals surface area contributed by atoms with E-state index < -0.39 is 0 Å². The van der Waals surface area contributed by atoms with Gasteiger partial charge in [0.25, 0.3) is 5.91 Å². The van der Waals surface area contributed by atoms with E-state index >= 15 is 0 Å². The first-order chi connectivity index (χ1) is 11.5. The largest absolute Gasteiger partial charge is 0.343 e. The summed E-state index contributed by atoms with van der Waals surface area (Å²) in [6.45, 7) is 5.04. The molecular formula is C19H27N3O2. The van der Waals surface area contributed by atoms with Crippen LogP contribution in [0.15, 0.2) is 24.3 Å². The number of piperidine rings is 1. The molecule has 3 rings (SSSR count). The number of rotatable bonds is 4. The van der Waals surface area contributed by atoms with Crippen molar-refractivity contribution in [2.75, 3.05) is 13.1 Å². The molecule has 0 radical (unpaired) electrons. The van der Waals surface area contributed by atoms with Gasteiger partial charge in [0.05, 0.1) is 0 Å². The van der Waals surface area contributed by atoms with Crippen molar-refractivity contribution in [3.63, 3.8) is 0 Å². The summed E-state index contributed by atoms with van der Waals surface area (Å²) in [6, 6.07) is 8.21. The van der Waals surface area contributed by atoms with Crippen LogP contribution in [0, 0.1) is 0 Å². The predicted octanol–water partition coefficient (Wildman–Crippen LogP) is 2.32. The standard InChI is InChI=1S/C19H27N3O2/c1-13(20)15-4-3-5-16(12-15)19(24)22(17-6-7-17)18-8-10-21(11-9-18)14(2)23/h3-5,12-13,17-18H,6-11,20H2,1-2H3. The minimum absolute atomic E-state index is 0.0778. The summed E-state index contributed by atoms with van der Waals surface area (Å²) in [7, 11) is 0. The normalized spacial score (nSPS) is 19.9. The molecule has 1 atom stereocenters. The zero-order valence-corrected chi connectivity index (χ0v) is 14.6. The lowest BCUT2D eigenvalue weighted by atomic mass is 10.00. The number of carbonyl (C=O) groups is 2. The summed E-state index contributed by atoms with van der Waals surface area (Å²) >= 11 is 0. The summed E-state index contributed by atoms with van der Waals surface area (Å²) in [4.78, 5) is 28.6. The van der Waals surface area contributed by atoms with E-state index in [4.69, 9.17) is 5.73 Å². The molecule has 1 heterocycles. The molecule has 1 aromatic rings. The molecule has 2 aliphatic rings. The third-order valence-electron chi connectivity index (χ3n) is 5.14. The number of amides is 2. The van der Waals surface area contributed by atoms with Crippen molar-refractivity contribution >= 4 is 11.8 Å². The van der Waals surface area contributed by atoms with E-state index in [1.807, 2.05) is 36.1 Å². The Morgan fingerprint density at radius 2 is 1.79 bits per heavy atom. The number of hydrogen-bond donors (Lipinski definition) is 1. The Balaban J connectivity index is 1.75. The highest BCUT2D eigenvalue weighted by atomic mass is 16.2. The van der Waals surface area contributed by atoms with Gasteiger partial charge in [-0.05, 0) is 50.3 Å². The summed E-state index contributed by atoms with van der Waals surface area (Å²) < 4.78 is 0. The van der Waals surface area contributed by atoms with Gasteiger partial charge in [0.2, 0.25) is 5.91 Å². The number of nitrogens with two attached hydrogens (primary N) is 1. The SMILES string of the molecule is CC(=O)N1CCC(N(C(=O)c2cccc(C(C)N)c2)C2CC2)CC1. The molecule has 5 heteroatoms. The van der Waals surface area contributed by atoms with Gasteiger partial charge in [-0.1, -0.05) is 12.1 Å². The highest BCUT2D eigenvalue weighted by molar-refractivity contribution is 5.95. The number of benzene rings is 1. The van der Waals surface area contributed by atoms with Crippen LogP contribution in [0.4, 0.5) is 0 Å². The lowest BCUT2D eigenvalue weighted by molar-refractivity contribution is -0.130. The molecule has 1 unspecified atom stereocenters. The zero-order chi connectivity index (χ0) is 17.3. The number of hydrogen-bond acceptors (Lipinski definition) is 3. The monoisotopic (exact) mass is 329 g/mol. The van der Waals surface area contributed by atoms with Gasteiger partial charge in [-0.2, -0.15) is 0 Å². The Bertz CT molecular complexity index is 617. The lowest BCUT2D eigenvalue weighted by Crippen LogP contribution is -2.49. The van der Waals surface area contributed by atoms with Gasteiger partial charge in [0.15, 0.2) is 0 Å². The van der Waals surface area contributed by atoms with Gasteiger partial charge in [-0.15, -0.1) is 0 Å². The molecule has 130 valence electrons. The van der Waals surface area contributed by atoms with E-state index in [-0.39, 0.29) is 23.9 Å². The van der Waals surface area contributed by atoms with Crippen molar-refractivity contribution in [1.82, 2.24) is 9.80 Å². The van der Waals surface area contributed by atoms with E-state index in [1.54, 1.807) is 6.92 Å². The van der Waals surface area contributed by atoms with Crippen LogP contribution in [0.25, 0.3) is 0 Å². The Morgan fingerprint density at radius 3 is 2.33 bits per heavy atom. The molecule has 5 nitrogen and oxygen atoms in total. The molecule has 1 aromatic carbocycles. The van der Waals surface area contributed by atoms with Crippen LogP contribution in [0.1, 0.15) is 61.5 Å². The molecule has 24 heavy (non-hydrogen) atoms. The number of carbonyl (C=O) groups excluding carboxylic acids is 2. The van der Waals surface area contributed by atoms with Gasteiger partial charge in [0, 0.05) is 43.7 Å². The van der Waals surface area contributed by atoms with E-state index in [9.17, 15) is 9.59 Å². The van der Waals surface area contributed by atoms with Crippen molar-refractivity contribution in [2.24, 2.45) is 5.73 Å². The molecule has 1 saturated heterocycles. The van der Waals surface area contributed by atoms with Crippen LogP contribution in [-0.4, -0.2) is 46.8 Å². The van der Waals surface area contributed by atoms with Gasteiger partial charge < -0.3 is 15.5 Å². The van der Waals surface area contributed by atoms with Gasteiger partial charge in [-0.25, -0.2) is 0 Å². The Labute approximate surface area is 143 Å². The molecule has 0 aromatic heterocycles. The number of likely N-dealkylation sites (tertiary alicyclic amines) is 1. The van der Waals surface area contributed by atoms with E-state index in [0.29, 0.717) is 6.04 Å². The van der Waals surface area contributed by atoms with Gasteiger partial charge in [-0.3, -0.25) is 9.59 Å². The summed E-state index contributed by atoms with van der Waals surface area (Å²) in [6.07, 6.45) is 3.92. The average Bonchev–Trinajstić information content (AvgIpc) is 3.40. The summed E-state index contributed by atoms with van der Waals surface area (Å²) in [5, 5.41) is 0. The number of nitrogens with zero attached hydrogens (tertiary/aromatic N) is 2. The second kappa shape index (κ2) is 6.93. The first kappa shape index (κ1) is 17.0. The Kier molecular flexibility index (Phi) is 4.90. The molecule has 1 aliphatic carbocycles. The van der Waals surface area contributed by atoms with E-state index in [0.717, 1.165) is 49.9 Å². The average molecular weight is 329 g/mol. The van der Waals surface area contributed by atoms with Crippen LogP contribution < -0.4 is 5.73 Å². The van der Waals surface area contributed by atoms with E-state index in [1.165, 1.54) is 0 Å². The zero-order valence-electron chi connectivity index (χ0n) is 14.6. The highest BCUT2D eigenvalue weighted by Crippen LogP contribution is 2.33. The smallest absolute Gasteiger partial charge is 0.254 e. The molecule has 1 aliphatic heterocycles. The summed E-state index contributed by atoms with van der Waals surface area (Å²) in [5.41, 5.74) is 7.67. The lowest BCUT2D eigenvalue weighted by Gasteiger charge is -2.38. The van der Waals surface area contributed by atoms with Crippen LogP contribution in [-0.2, 0) is 4.79 Å². The Morgan fingerprint density at radius 1 is 1.17 bits per heavy atom. The fourth-order valence-corrected chi connectivity index (χ4v) is 3.55. The molecule has 0 bridgehead atoms.